The molecule has 106 valence electrons. The molecule has 1 aromatic rings. The third-order valence-corrected chi connectivity index (χ3v) is 5.48. The van der Waals surface area contributed by atoms with Crippen LogP contribution < -0.4 is 5.73 Å². The van der Waals surface area contributed by atoms with Crippen molar-refractivity contribution < 1.29 is 8.42 Å². The van der Waals surface area contributed by atoms with Crippen LogP contribution in [0, 0.1) is 5.92 Å². The molecule has 0 spiro atoms. The van der Waals surface area contributed by atoms with Crippen molar-refractivity contribution in [1.29, 1.82) is 0 Å². The lowest BCUT2D eigenvalue weighted by Crippen LogP contribution is -2.39. The highest BCUT2D eigenvalue weighted by Crippen LogP contribution is 2.21. The topological polar surface area (TPSA) is 63.4 Å². The molecule has 1 aliphatic heterocycles. The maximum Gasteiger partial charge on any atom is 0.218 e. The van der Waals surface area contributed by atoms with E-state index in [2.05, 4.69) is 6.92 Å². The Kier molecular flexibility index (Phi) is 4.60. The molecule has 1 heterocycles. The lowest BCUT2D eigenvalue weighted by Gasteiger charge is -2.30. The van der Waals surface area contributed by atoms with E-state index in [4.69, 9.17) is 5.73 Å². The summed E-state index contributed by atoms with van der Waals surface area (Å²) in [5.74, 6) is 0.515. The molecule has 0 aromatic heterocycles. The van der Waals surface area contributed by atoms with Crippen LogP contribution in [0.2, 0.25) is 0 Å². The van der Waals surface area contributed by atoms with Crippen molar-refractivity contribution >= 4 is 10.0 Å². The smallest absolute Gasteiger partial charge is 0.218 e. The van der Waals surface area contributed by atoms with Gasteiger partial charge in [0.05, 0.1) is 5.75 Å². The number of nitrogens with zero attached hydrogens (tertiary/aromatic N) is 1. The molecule has 19 heavy (non-hydrogen) atoms. The van der Waals surface area contributed by atoms with Crippen LogP contribution in [0.4, 0.5) is 0 Å². The van der Waals surface area contributed by atoms with Crippen molar-refractivity contribution in [1.82, 2.24) is 4.31 Å². The van der Waals surface area contributed by atoms with Crippen molar-refractivity contribution in [2.24, 2.45) is 11.7 Å². The highest BCUT2D eigenvalue weighted by molar-refractivity contribution is 7.88. The molecule has 1 aliphatic rings. The second-order valence-corrected chi connectivity index (χ2v) is 7.30. The van der Waals surface area contributed by atoms with Gasteiger partial charge in [-0.15, -0.1) is 0 Å². The van der Waals surface area contributed by atoms with E-state index in [0.29, 0.717) is 25.6 Å². The zero-order chi connectivity index (χ0) is 13.9. The Bertz CT molecular complexity index is 528. The number of hydrogen-bond donors (Lipinski definition) is 1. The average Bonchev–Trinajstić information content (AvgIpc) is 2.39. The molecule has 4 nitrogen and oxygen atoms in total. The molecular weight excluding hydrogens is 260 g/mol. The zero-order valence-electron chi connectivity index (χ0n) is 11.4. The number of hydrogen-bond acceptors (Lipinski definition) is 3. The number of rotatable bonds is 4. The Hall–Kier alpha value is -0.910. The van der Waals surface area contributed by atoms with E-state index >= 15 is 0 Å². The van der Waals surface area contributed by atoms with Gasteiger partial charge in [-0.25, -0.2) is 12.7 Å². The Morgan fingerprint density at radius 2 is 2.00 bits per heavy atom. The van der Waals surface area contributed by atoms with Crippen molar-refractivity contribution in [3.8, 4) is 0 Å². The quantitative estimate of drug-likeness (QED) is 0.914. The molecule has 1 aromatic carbocycles. The molecule has 1 unspecified atom stereocenters. The van der Waals surface area contributed by atoms with E-state index in [0.717, 1.165) is 24.0 Å². The summed E-state index contributed by atoms with van der Waals surface area (Å²) in [5, 5.41) is 0. The Balaban J connectivity index is 2.16. The Morgan fingerprint density at radius 3 is 2.63 bits per heavy atom. The summed E-state index contributed by atoms with van der Waals surface area (Å²) in [4.78, 5) is 0. The Labute approximate surface area is 115 Å². The fraction of sp³-hybridized carbons (Fsp3) is 0.571. The van der Waals surface area contributed by atoms with Crippen LogP contribution in [0.5, 0.6) is 0 Å². The van der Waals surface area contributed by atoms with Gasteiger partial charge in [0.1, 0.15) is 0 Å². The largest absolute Gasteiger partial charge is 0.326 e. The van der Waals surface area contributed by atoms with Gasteiger partial charge in [-0.1, -0.05) is 31.2 Å². The van der Waals surface area contributed by atoms with Crippen LogP contribution in [0.3, 0.4) is 0 Å². The minimum Gasteiger partial charge on any atom is -0.326 e. The van der Waals surface area contributed by atoms with Crippen LogP contribution in [0.15, 0.2) is 24.3 Å². The third-order valence-electron chi connectivity index (χ3n) is 3.69. The van der Waals surface area contributed by atoms with Crippen LogP contribution in [-0.2, 0) is 22.3 Å². The summed E-state index contributed by atoms with van der Waals surface area (Å²) < 4.78 is 26.5. The molecule has 0 bridgehead atoms. The highest BCUT2D eigenvalue weighted by atomic mass is 32.2. The number of benzene rings is 1. The predicted octanol–water partition coefficient (Wildman–Crippen LogP) is 1.71. The predicted molar refractivity (Wildman–Crippen MR) is 76.9 cm³/mol. The fourth-order valence-electron chi connectivity index (χ4n) is 2.58. The average molecular weight is 282 g/mol. The minimum atomic E-state index is -3.22. The summed E-state index contributed by atoms with van der Waals surface area (Å²) in [5.41, 5.74) is 7.40. The van der Waals surface area contributed by atoms with Gasteiger partial charge in [0, 0.05) is 19.6 Å². The summed E-state index contributed by atoms with van der Waals surface area (Å²) in [6.07, 6.45) is 2.07. The first-order valence-corrected chi connectivity index (χ1v) is 8.38. The lowest BCUT2D eigenvalue weighted by atomic mass is 10.0. The van der Waals surface area contributed by atoms with Gasteiger partial charge in [0.25, 0.3) is 0 Å². The second kappa shape index (κ2) is 6.03. The first kappa shape index (κ1) is 14.5. The zero-order valence-corrected chi connectivity index (χ0v) is 12.2. The van der Waals surface area contributed by atoms with E-state index in [9.17, 15) is 8.42 Å². The lowest BCUT2D eigenvalue weighted by molar-refractivity contribution is 0.281. The van der Waals surface area contributed by atoms with E-state index in [1.807, 2.05) is 24.3 Å². The van der Waals surface area contributed by atoms with Crippen molar-refractivity contribution in [3.63, 3.8) is 0 Å². The summed E-state index contributed by atoms with van der Waals surface area (Å²) >= 11 is 0. The highest BCUT2D eigenvalue weighted by Gasteiger charge is 2.27. The second-order valence-electron chi connectivity index (χ2n) is 5.33. The van der Waals surface area contributed by atoms with Crippen LogP contribution in [0.1, 0.15) is 30.9 Å². The molecule has 5 heteroatoms. The van der Waals surface area contributed by atoms with E-state index in [1.54, 1.807) is 4.31 Å². The fourth-order valence-corrected chi connectivity index (χ4v) is 4.33. The van der Waals surface area contributed by atoms with Crippen LogP contribution in [0.25, 0.3) is 0 Å². The molecule has 0 aliphatic carbocycles. The first-order valence-electron chi connectivity index (χ1n) is 6.77. The van der Waals surface area contributed by atoms with Gasteiger partial charge in [0.15, 0.2) is 0 Å². The molecule has 2 rings (SSSR count). The van der Waals surface area contributed by atoms with Gasteiger partial charge in [-0.05, 0) is 29.9 Å². The van der Waals surface area contributed by atoms with E-state index in [-0.39, 0.29) is 5.75 Å². The monoisotopic (exact) mass is 282 g/mol. The number of nitrogens with two attached hydrogens (primary N) is 1. The van der Waals surface area contributed by atoms with E-state index in [1.165, 1.54) is 0 Å². The van der Waals surface area contributed by atoms with Crippen molar-refractivity contribution in [3.05, 3.63) is 35.4 Å². The molecule has 2 N–H and O–H groups in total. The molecule has 1 saturated heterocycles. The maximum atomic E-state index is 12.5. The summed E-state index contributed by atoms with van der Waals surface area (Å²) in [6.45, 7) is 3.78. The van der Waals surface area contributed by atoms with E-state index < -0.39 is 10.0 Å². The van der Waals surface area contributed by atoms with Gasteiger partial charge < -0.3 is 5.73 Å². The van der Waals surface area contributed by atoms with Crippen molar-refractivity contribution in [2.45, 2.75) is 32.1 Å². The molecule has 1 atom stereocenters. The third kappa shape index (κ3) is 3.55. The SMILES string of the molecule is CC1CCCN(S(=O)(=O)Cc2ccccc2CN)C1. The normalized spacial score (nSPS) is 21.5. The van der Waals surface area contributed by atoms with Crippen LogP contribution in [-0.4, -0.2) is 25.8 Å². The first-order chi connectivity index (χ1) is 9.03. The molecule has 1 fully saturated rings. The summed E-state index contributed by atoms with van der Waals surface area (Å²) in [6, 6.07) is 7.50. The van der Waals surface area contributed by atoms with Crippen LogP contribution >= 0.6 is 0 Å². The van der Waals surface area contributed by atoms with Crippen molar-refractivity contribution in [2.75, 3.05) is 13.1 Å². The number of sulfonamides is 1. The van der Waals surface area contributed by atoms with Gasteiger partial charge in [-0.3, -0.25) is 0 Å². The molecule has 0 saturated carbocycles. The number of piperidine rings is 1. The molecule has 0 radical (unpaired) electrons. The van der Waals surface area contributed by atoms with Gasteiger partial charge >= 0.3 is 0 Å². The molecule has 0 amide bonds. The Morgan fingerprint density at radius 1 is 1.32 bits per heavy atom. The summed E-state index contributed by atoms with van der Waals surface area (Å²) in [7, 11) is -3.22. The standard InChI is InChI=1S/C14H22N2O2S/c1-12-5-4-8-16(10-12)19(17,18)11-14-7-3-2-6-13(14)9-15/h2-3,6-7,12H,4-5,8-11,15H2,1H3. The van der Waals surface area contributed by atoms with Gasteiger partial charge in [-0.2, -0.15) is 0 Å². The maximum absolute atomic E-state index is 12.5. The molecular formula is C14H22N2O2S. The van der Waals surface area contributed by atoms with Gasteiger partial charge in [0.2, 0.25) is 10.0 Å². The minimum absolute atomic E-state index is 0.0626.